The van der Waals surface area contributed by atoms with Crippen LogP contribution in [0.3, 0.4) is 0 Å². The van der Waals surface area contributed by atoms with Gasteiger partial charge >= 0.3 is 0 Å². The number of fused-ring (bicyclic) bond motifs is 1. The number of hydrogen-bond donors (Lipinski definition) is 2. The standard InChI is InChI=1S/C18H14FN3O2/c19-12-8-6-11(7-9-12)16(17(20)23)22-18(24)14-3-1-5-15-13(14)4-2-10-21-15/h1-10,16H,(H2,20,23)(H,22,24). The fourth-order valence-corrected chi connectivity index (χ4v) is 2.48. The molecule has 0 aliphatic heterocycles. The van der Waals surface area contributed by atoms with Crippen molar-refractivity contribution in [3.05, 3.63) is 77.7 Å². The summed E-state index contributed by atoms with van der Waals surface area (Å²) >= 11 is 0. The van der Waals surface area contributed by atoms with Crippen molar-refractivity contribution >= 4 is 22.7 Å². The van der Waals surface area contributed by atoms with Crippen LogP contribution in [0.2, 0.25) is 0 Å². The number of halogens is 1. The highest BCUT2D eigenvalue weighted by atomic mass is 19.1. The number of nitrogens with one attached hydrogen (secondary N) is 1. The van der Waals surface area contributed by atoms with Crippen molar-refractivity contribution in [1.82, 2.24) is 10.3 Å². The van der Waals surface area contributed by atoms with Crippen LogP contribution in [0.25, 0.3) is 10.9 Å². The minimum absolute atomic E-state index is 0.383. The number of pyridine rings is 1. The van der Waals surface area contributed by atoms with E-state index in [0.29, 0.717) is 22.0 Å². The van der Waals surface area contributed by atoms with E-state index in [4.69, 9.17) is 5.73 Å². The number of aromatic nitrogens is 1. The maximum Gasteiger partial charge on any atom is 0.252 e. The lowest BCUT2D eigenvalue weighted by Gasteiger charge is -2.16. The Morgan fingerprint density at radius 1 is 1.04 bits per heavy atom. The Labute approximate surface area is 137 Å². The minimum atomic E-state index is -1.05. The number of carbonyl (C=O) groups excluding carboxylic acids is 2. The van der Waals surface area contributed by atoms with Crippen LogP contribution < -0.4 is 11.1 Å². The first kappa shape index (κ1) is 15.6. The first-order valence-electron chi connectivity index (χ1n) is 7.25. The maximum atomic E-state index is 13.0. The molecule has 0 saturated heterocycles. The van der Waals surface area contributed by atoms with Crippen molar-refractivity contribution in [2.24, 2.45) is 5.73 Å². The SMILES string of the molecule is NC(=O)C(NC(=O)c1cccc2ncccc12)c1ccc(F)cc1. The van der Waals surface area contributed by atoms with Gasteiger partial charge in [-0.05, 0) is 35.9 Å². The summed E-state index contributed by atoms with van der Waals surface area (Å²) in [7, 11) is 0. The zero-order valence-electron chi connectivity index (χ0n) is 12.6. The third-order valence-electron chi connectivity index (χ3n) is 3.65. The van der Waals surface area contributed by atoms with Crippen LogP contribution in [0, 0.1) is 5.82 Å². The first-order valence-corrected chi connectivity index (χ1v) is 7.25. The van der Waals surface area contributed by atoms with Gasteiger partial charge in [0.15, 0.2) is 0 Å². The Hall–Kier alpha value is -3.28. The molecule has 0 fully saturated rings. The zero-order chi connectivity index (χ0) is 17.1. The van der Waals surface area contributed by atoms with Gasteiger partial charge in [0.05, 0.1) is 5.52 Å². The van der Waals surface area contributed by atoms with E-state index in [1.807, 2.05) is 0 Å². The lowest BCUT2D eigenvalue weighted by molar-refractivity contribution is -0.120. The molecule has 3 rings (SSSR count). The smallest absolute Gasteiger partial charge is 0.252 e. The highest BCUT2D eigenvalue weighted by molar-refractivity contribution is 6.07. The number of nitrogens with two attached hydrogens (primary N) is 1. The third kappa shape index (κ3) is 3.08. The summed E-state index contributed by atoms with van der Waals surface area (Å²) in [5.74, 6) is -1.62. The summed E-state index contributed by atoms with van der Waals surface area (Å²) in [5, 5.41) is 3.26. The first-order chi connectivity index (χ1) is 11.6. The molecular formula is C18H14FN3O2. The molecule has 5 nitrogen and oxygen atoms in total. The van der Waals surface area contributed by atoms with Gasteiger partial charge in [0.1, 0.15) is 11.9 Å². The van der Waals surface area contributed by atoms with Crippen molar-refractivity contribution in [2.75, 3.05) is 0 Å². The molecule has 0 bridgehead atoms. The lowest BCUT2D eigenvalue weighted by atomic mass is 10.0. The molecule has 3 aromatic rings. The number of nitrogens with zero attached hydrogens (tertiary/aromatic N) is 1. The second-order valence-electron chi connectivity index (χ2n) is 5.24. The molecular weight excluding hydrogens is 309 g/mol. The summed E-state index contributed by atoms with van der Waals surface area (Å²) in [6.07, 6.45) is 1.63. The molecule has 1 aromatic heterocycles. The number of carbonyl (C=O) groups is 2. The zero-order valence-corrected chi connectivity index (χ0v) is 12.6. The van der Waals surface area contributed by atoms with Crippen molar-refractivity contribution in [2.45, 2.75) is 6.04 Å². The molecule has 0 saturated carbocycles. The average molecular weight is 323 g/mol. The molecule has 120 valence electrons. The number of amides is 2. The molecule has 1 unspecified atom stereocenters. The molecule has 0 aliphatic carbocycles. The Morgan fingerprint density at radius 3 is 2.50 bits per heavy atom. The van der Waals surface area contributed by atoms with E-state index in [1.54, 1.807) is 36.5 Å². The van der Waals surface area contributed by atoms with E-state index >= 15 is 0 Å². The van der Waals surface area contributed by atoms with Crippen molar-refractivity contribution in [3.8, 4) is 0 Å². The number of hydrogen-bond acceptors (Lipinski definition) is 3. The van der Waals surface area contributed by atoms with Crippen molar-refractivity contribution in [3.63, 3.8) is 0 Å². The van der Waals surface area contributed by atoms with Gasteiger partial charge in [-0.2, -0.15) is 0 Å². The summed E-state index contributed by atoms with van der Waals surface area (Å²) in [6, 6.07) is 12.8. The van der Waals surface area contributed by atoms with Gasteiger partial charge in [-0.25, -0.2) is 4.39 Å². The Balaban J connectivity index is 1.93. The number of rotatable bonds is 4. The van der Waals surface area contributed by atoms with E-state index in [-0.39, 0.29) is 0 Å². The van der Waals surface area contributed by atoms with E-state index in [9.17, 15) is 14.0 Å². The van der Waals surface area contributed by atoms with Crippen LogP contribution in [0.5, 0.6) is 0 Å². The predicted molar refractivity (Wildman–Crippen MR) is 87.5 cm³/mol. The summed E-state index contributed by atoms with van der Waals surface area (Å²) < 4.78 is 13.0. The Kier molecular flexibility index (Phi) is 4.20. The molecule has 0 radical (unpaired) electrons. The van der Waals surface area contributed by atoms with Gasteiger partial charge in [0, 0.05) is 17.1 Å². The molecule has 0 aliphatic rings. The maximum absolute atomic E-state index is 13.0. The molecule has 3 N–H and O–H groups in total. The van der Waals surface area contributed by atoms with Gasteiger partial charge in [-0.1, -0.05) is 24.3 Å². The summed E-state index contributed by atoms with van der Waals surface area (Å²) in [5.41, 5.74) is 6.85. The molecule has 6 heteroatoms. The highest BCUT2D eigenvalue weighted by Crippen LogP contribution is 2.19. The molecule has 2 amide bonds. The van der Waals surface area contributed by atoms with Gasteiger partial charge in [-0.3, -0.25) is 14.6 Å². The fourth-order valence-electron chi connectivity index (χ4n) is 2.48. The van der Waals surface area contributed by atoms with Crippen LogP contribution in [-0.2, 0) is 4.79 Å². The minimum Gasteiger partial charge on any atom is -0.368 e. The van der Waals surface area contributed by atoms with Gasteiger partial charge < -0.3 is 11.1 Å². The molecule has 1 atom stereocenters. The van der Waals surface area contributed by atoms with Crippen LogP contribution in [0.15, 0.2) is 60.8 Å². The second-order valence-corrected chi connectivity index (χ2v) is 5.24. The Morgan fingerprint density at radius 2 is 1.79 bits per heavy atom. The summed E-state index contributed by atoms with van der Waals surface area (Å²) in [4.78, 5) is 28.5. The van der Waals surface area contributed by atoms with E-state index in [0.717, 1.165) is 0 Å². The monoisotopic (exact) mass is 323 g/mol. The van der Waals surface area contributed by atoms with Gasteiger partial charge in [0.2, 0.25) is 5.91 Å². The molecule has 2 aromatic carbocycles. The summed E-state index contributed by atoms with van der Waals surface area (Å²) in [6.45, 7) is 0. The normalized spacial score (nSPS) is 11.9. The van der Waals surface area contributed by atoms with Crippen LogP contribution in [-0.4, -0.2) is 16.8 Å². The quantitative estimate of drug-likeness (QED) is 0.773. The number of primary amides is 1. The van der Waals surface area contributed by atoms with Gasteiger partial charge in [0.25, 0.3) is 5.91 Å². The van der Waals surface area contributed by atoms with Crippen molar-refractivity contribution in [1.29, 1.82) is 0 Å². The second kappa shape index (κ2) is 6.45. The van der Waals surface area contributed by atoms with Crippen LogP contribution in [0.4, 0.5) is 4.39 Å². The Bertz CT molecular complexity index is 904. The van der Waals surface area contributed by atoms with Crippen molar-refractivity contribution < 1.29 is 14.0 Å². The lowest BCUT2D eigenvalue weighted by Crippen LogP contribution is -2.37. The fraction of sp³-hybridized carbons (Fsp3) is 0.0556. The van der Waals surface area contributed by atoms with E-state index in [2.05, 4.69) is 10.3 Å². The highest BCUT2D eigenvalue weighted by Gasteiger charge is 2.22. The average Bonchev–Trinajstić information content (AvgIpc) is 2.59. The van der Waals surface area contributed by atoms with Crippen LogP contribution in [0.1, 0.15) is 22.0 Å². The third-order valence-corrected chi connectivity index (χ3v) is 3.65. The van der Waals surface area contributed by atoms with E-state index in [1.165, 1.54) is 24.3 Å². The largest absolute Gasteiger partial charge is 0.368 e. The van der Waals surface area contributed by atoms with Gasteiger partial charge in [-0.15, -0.1) is 0 Å². The molecule has 1 heterocycles. The predicted octanol–water partition coefficient (Wildman–Crippen LogP) is 2.33. The van der Waals surface area contributed by atoms with Crippen LogP contribution >= 0.6 is 0 Å². The molecule has 0 spiro atoms. The number of benzene rings is 2. The molecule has 24 heavy (non-hydrogen) atoms. The van der Waals surface area contributed by atoms with E-state index < -0.39 is 23.7 Å². The topological polar surface area (TPSA) is 85.1 Å².